The Bertz CT molecular complexity index is 344. The zero-order valence-electron chi connectivity index (χ0n) is 16.5. The number of hydrogen-bond acceptors (Lipinski definition) is 7. The van der Waals surface area contributed by atoms with Gasteiger partial charge in [0.15, 0.2) is 0 Å². The molecular weight excluding hydrogens is 328 g/mol. The maximum atomic E-state index is 11.5. The molecule has 0 N–H and O–H groups in total. The first-order valence-electron chi connectivity index (χ1n) is 8.63. The number of carbonyl (C=O) groups is 2. The fourth-order valence-electron chi connectivity index (χ4n) is 1.36. The molecule has 0 aromatic carbocycles. The zero-order chi connectivity index (χ0) is 19.3. The lowest BCUT2D eigenvalue weighted by atomic mass is 9.97. The van der Waals surface area contributed by atoms with E-state index in [0.29, 0.717) is 39.6 Å². The second-order valence-corrected chi connectivity index (χ2v) is 7.61. The van der Waals surface area contributed by atoms with Crippen molar-refractivity contribution < 1.29 is 33.3 Å². The molecule has 25 heavy (non-hydrogen) atoms. The first-order chi connectivity index (χ1) is 11.5. The molecule has 0 saturated carbocycles. The average Bonchev–Trinajstić information content (AvgIpc) is 2.49. The van der Waals surface area contributed by atoms with Crippen molar-refractivity contribution in [2.75, 3.05) is 52.9 Å². The third-order valence-electron chi connectivity index (χ3n) is 2.89. The minimum atomic E-state index is -0.492. The lowest BCUT2D eigenvalue weighted by molar-refractivity contribution is -0.155. The molecule has 0 aliphatic rings. The Morgan fingerprint density at radius 2 is 0.760 bits per heavy atom. The molecular formula is C18H34O7. The van der Waals surface area contributed by atoms with Crippen molar-refractivity contribution in [1.82, 2.24) is 0 Å². The van der Waals surface area contributed by atoms with Gasteiger partial charge in [-0.3, -0.25) is 9.59 Å². The van der Waals surface area contributed by atoms with Crippen LogP contribution >= 0.6 is 0 Å². The van der Waals surface area contributed by atoms with E-state index in [1.807, 2.05) is 0 Å². The molecule has 0 fully saturated rings. The Labute approximate surface area is 151 Å². The highest BCUT2D eigenvalue weighted by atomic mass is 16.6. The maximum absolute atomic E-state index is 11.5. The summed E-state index contributed by atoms with van der Waals surface area (Å²) in [7, 11) is 0. The van der Waals surface area contributed by atoms with Gasteiger partial charge >= 0.3 is 11.9 Å². The molecule has 7 heteroatoms. The fourth-order valence-corrected chi connectivity index (χ4v) is 1.36. The minimum absolute atomic E-state index is 0.238. The van der Waals surface area contributed by atoms with Crippen LogP contribution in [0.15, 0.2) is 0 Å². The van der Waals surface area contributed by atoms with Gasteiger partial charge in [0.05, 0.1) is 50.5 Å². The molecule has 0 atom stereocenters. The van der Waals surface area contributed by atoms with Gasteiger partial charge in [-0.25, -0.2) is 0 Å². The second kappa shape index (κ2) is 12.2. The Kier molecular flexibility index (Phi) is 11.6. The normalized spacial score (nSPS) is 12.1. The van der Waals surface area contributed by atoms with Crippen LogP contribution < -0.4 is 0 Å². The smallest absolute Gasteiger partial charge is 0.311 e. The van der Waals surface area contributed by atoms with Crippen LogP contribution in [-0.4, -0.2) is 64.8 Å². The minimum Gasteiger partial charge on any atom is -0.463 e. The lowest BCUT2D eigenvalue weighted by Crippen LogP contribution is -2.25. The van der Waals surface area contributed by atoms with Crippen LogP contribution in [0.3, 0.4) is 0 Å². The van der Waals surface area contributed by atoms with E-state index in [1.54, 1.807) is 41.5 Å². The number of esters is 2. The summed E-state index contributed by atoms with van der Waals surface area (Å²) in [5, 5.41) is 0. The quantitative estimate of drug-likeness (QED) is 0.389. The van der Waals surface area contributed by atoms with Crippen molar-refractivity contribution in [3.05, 3.63) is 0 Å². The predicted molar refractivity (Wildman–Crippen MR) is 93.3 cm³/mol. The highest BCUT2D eigenvalue weighted by Crippen LogP contribution is 2.15. The topological polar surface area (TPSA) is 80.3 Å². The molecule has 0 bridgehead atoms. The molecule has 0 aliphatic carbocycles. The van der Waals surface area contributed by atoms with Crippen molar-refractivity contribution in [1.29, 1.82) is 0 Å². The van der Waals surface area contributed by atoms with Gasteiger partial charge in [-0.05, 0) is 41.5 Å². The van der Waals surface area contributed by atoms with E-state index < -0.39 is 10.8 Å². The summed E-state index contributed by atoms with van der Waals surface area (Å²) in [5.41, 5.74) is -0.984. The zero-order valence-corrected chi connectivity index (χ0v) is 16.5. The van der Waals surface area contributed by atoms with E-state index in [0.717, 1.165) is 0 Å². The molecule has 0 saturated heterocycles. The molecule has 0 aromatic heterocycles. The van der Waals surface area contributed by atoms with Gasteiger partial charge in [0, 0.05) is 0 Å². The lowest BCUT2D eigenvalue weighted by Gasteiger charge is -2.16. The molecule has 0 unspecified atom stereocenters. The molecule has 0 heterocycles. The third kappa shape index (κ3) is 13.8. The summed E-state index contributed by atoms with van der Waals surface area (Å²) in [6, 6.07) is 0. The van der Waals surface area contributed by atoms with Gasteiger partial charge in [0.25, 0.3) is 0 Å². The monoisotopic (exact) mass is 362 g/mol. The van der Waals surface area contributed by atoms with Crippen LogP contribution in [0.5, 0.6) is 0 Å². The van der Waals surface area contributed by atoms with Gasteiger partial charge in [0.2, 0.25) is 0 Å². The van der Waals surface area contributed by atoms with Crippen molar-refractivity contribution in [2.24, 2.45) is 10.8 Å². The van der Waals surface area contributed by atoms with Crippen molar-refractivity contribution in [2.45, 2.75) is 41.5 Å². The number of carbonyl (C=O) groups excluding carboxylic acids is 2. The highest BCUT2D eigenvalue weighted by Gasteiger charge is 2.23. The molecule has 0 rings (SSSR count). The summed E-state index contributed by atoms with van der Waals surface area (Å²) >= 11 is 0. The maximum Gasteiger partial charge on any atom is 0.311 e. The molecule has 7 nitrogen and oxygen atoms in total. The Morgan fingerprint density at radius 1 is 0.520 bits per heavy atom. The Hall–Kier alpha value is -1.18. The van der Waals surface area contributed by atoms with E-state index in [1.165, 1.54) is 0 Å². The van der Waals surface area contributed by atoms with Crippen LogP contribution in [0.2, 0.25) is 0 Å². The van der Waals surface area contributed by atoms with Crippen molar-refractivity contribution >= 4 is 11.9 Å². The SMILES string of the molecule is CC(C)(C)C(=O)OCCOCCOCCOCCOC(=O)C(C)(C)C. The molecule has 148 valence electrons. The van der Waals surface area contributed by atoms with Crippen molar-refractivity contribution in [3.63, 3.8) is 0 Å². The van der Waals surface area contributed by atoms with Gasteiger partial charge in [-0.1, -0.05) is 0 Å². The average molecular weight is 362 g/mol. The van der Waals surface area contributed by atoms with E-state index in [2.05, 4.69) is 0 Å². The number of ether oxygens (including phenoxy) is 5. The summed E-state index contributed by atoms with van der Waals surface area (Å²) < 4.78 is 26.1. The first kappa shape index (κ1) is 23.8. The van der Waals surface area contributed by atoms with Crippen LogP contribution in [-0.2, 0) is 33.3 Å². The number of rotatable bonds is 12. The second-order valence-electron chi connectivity index (χ2n) is 7.61. The van der Waals surface area contributed by atoms with Crippen molar-refractivity contribution in [3.8, 4) is 0 Å². The molecule has 0 aromatic rings. The summed E-state index contributed by atoms with van der Waals surface area (Å²) in [4.78, 5) is 23.0. The highest BCUT2D eigenvalue weighted by molar-refractivity contribution is 5.75. The summed E-state index contributed by atoms with van der Waals surface area (Å²) in [6.45, 7) is 13.8. The van der Waals surface area contributed by atoms with E-state index in [9.17, 15) is 9.59 Å². The van der Waals surface area contributed by atoms with Gasteiger partial charge in [-0.15, -0.1) is 0 Å². The van der Waals surface area contributed by atoms with Crippen LogP contribution in [0.1, 0.15) is 41.5 Å². The largest absolute Gasteiger partial charge is 0.463 e. The van der Waals surface area contributed by atoms with Crippen LogP contribution in [0.4, 0.5) is 0 Å². The third-order valence-corrected chi connectivity index (χ3v) is 2.89. The molecule has 0 spiro atoms. The summed E-state index contributed by atoms with van der Waals surface area (Å²) in [5.74, 6) is -0.477. The molecule has 0 radical (unpaired) electrons. The van der Waals surface area contributed by atoms with Gasteiger partial charge in [-0.2, -0.15) is 0 Å². The van der Waals surface area contributed by atoms with Crippen LogP contribution in [0, 0.1) is 10.8 Å². The molecule has 0 aliphatic heterocycles. The van der Waals surface area contributed by atoms with E-state index >= 15 is 0 Å². The fraction of sp³-hybridized carbons (Fsp3) is 0.889. The van der Waals surface area contributed by atoms with E-state index in [-0.39, 0.29) is 25.2 Å². The van der Waals surface area contributed by atoms with Crippen LogP contribution in [0.25, 0.3) is 0 Å². The van der Waals surface area contributed by atoms with E-state index in [4.69, 9.17) is 23.7 Å². The Morgan fingerprint density at radius 3 is 1.00 bits per heavy atom. The summed E-state index contributed by atoms with van der Waals surface area (Å²) in [6.07, 6.45) is 0. The standard InChI is InChI=1S/C18H34O7/c1-17(2,3)15(19)24-13-11-22-9-7-21-8-10-23-12-14-25-16(20)18(4,5)6/h7-14H2,1-6H3. The Balaban J connectivity index is 3.30. The molecule has 0 amide bonds. The first-order valence-corrected chi connectivity index (χ1v) is 8.63. The van der Waals surface area contributed by atoms with Gasteiger partial charge in [0.1, 0.15) is 13.2 Å². The number of hydrogen-bond donors (Lipinski definition) is 0. The predicted octanol–water partition coefficient (Wildman–Crippen LogP) is 2.21. The van der Waals surface area contributed by atoms with Gasteiger partial charge < -0.3 is 23.7 Å².